The van der Waals surface area contributed by atoms with Gasteiger partial charge in [-0.1, -0.05) is 12.1 Å². The van der Waals surface area contributed by atoms with Gasteiger partial charge in [0, 0.05) is 0 Å². The molecule has 8 heavy (non-hydrogen) atoms. The van der Waals surface area contributed by atoms with E-state index in [0.717, 1.165) is 0 Å². The number of benzene rings is 1. The average Bonchev–Trinajstić information content (AvgIpc) is 1.69. The number of hydrogen-bond acceptors (Lipinski definition) is 2. The average molecular weight is 110 g/mol. The molecule has 1 aromatic carbocycles. The molecule has 4 N–H and O–H groups in total. The molecule has 0 amide bonds. The van der Waals surface area contributed by atoms with Crippen LogP contribution in [0.3, 0.4) is 0 Å². The van der Waals surface area contributed by atoms with Crippen LogP contribution in [0.15, 0.2) is 24.3 Å². The lowest BCUT2D eigenvalue weighted by Crippen LogP contribution is -1.57. The lowest BCUT2D eigenvalue weighted by molar-refractivity contribution is 0.475. The lowest BCUT2D eigenvalue weighted by Gasteiger charge is -1.81. The molecule has 0 fully saturated rings. The Morgan fingerprint density at radius 3 is 2.00 bits per heavy atom. The molecule has 0 saturated carbocycles. The van der Waals surface area contributed by atoms with Gasteiger partial charge < -0.3 is 11.3 Å². The monoisotopic (exact) mass is 110 g/mol. The van der Waals surface area contributed by atoms with Crippen molar-refractivity contribution in [3.05, 3.63) is 30.3 Å². The van der Waals surface area contributed by atoms with Crippen LogP contribution in [0.4, 0.5) is 0 Å². The van der Waals surface area contributed by atoms with Crippen LogP contribution in [0.5, 0.6) is 5.75 Å². The maximum atomic E-state index is 8.61. The van der Waals surface area contributed by atoms with E-state index in [2.05, 4.69) is 6.07 Å². The SMILES string of the molecule is N.Oc1cc[c]cc1. The molecule has 0 aromatic heterocycles. The first-order chi connectivity index (χ1) is 3.39. The zero-order valence-corrected chi connectivity index (χ0v) is 4.46. The number of phenols is 1. The molecule has 0 unspecified atom stereocenters. The summed E-state index contributed by atoms with van der Waals surface area (Å²) in [5.41, 5.74) is 0. The zero-order valence-electron chi connectivity index (χ0n) is 4.46. The molecule has 0 aliphatic rings. The predicted octanol–water partition coefficient (Wildman–Crippen LogP) is 1.35. The highest BCUT2D eigenvalue weighted by molar-refractivity contribution is 5.17. The van der Waals surface area contributed by atoms with E-state index in [9.17, 15) is 0 Å². The van der Waals surface area contributed by atoms with Crippen LogP contribution < -0.4 is 6.15 Å². The summed E-state index contributed by atoms with van der Waals surface area (Å²) in [4.78, 5) is 0. The fraction of sp³-hybridized carbons (Fsp3) is 0. The second kappa shape index (κ2) is 3.04. The molecule has 0 spiro atoms. The van der Waals surface area contributed by atoms with E-state index in [4.69, 9.17) is 5.11 Å². The van der Waals surface area contributed by atoms with Crippen LogP contribution in [0.2, 0.25) is 0 Å². The third-order valence-corrected chi connectivity index (χ3v) is 0.701. The van der Waals surface area contributed by atoms with Gasteiger partial charge >= 0.3 is 0 Å². The third-order valence-electron chi connectivity index (χ3n) is 0.701. The molecule has 0 atom stereocenters. The van der Waals surface area contributed by atoms with E-state index in [1.54, 1.807) is 24.3 Å². The Bertz CT molecular complexity index is 138. The largest absolute Gasteiger partial charge is 0.508 e. The Balaban J connectivity index is 0.000000490. The highest BCUT2D eigenvalue weighted by Crippen LogP contribution is 2.02. The first-order valence-electron chi connectivity index (χ1n) is 2.04. The molecule has 0 saturated heterocycles. The van der Waals surface area contributed by atoms with Crippen molar-refractivity contribution in [3.8, 4) is 5.75 Å². The first-order valence-corrected chi connectivity index (χ1v) is 2.04. The Morgan fingerprint density at radius 2 is 1.75 bits per heavy atom. The number of hydrogen-bond donors (Lipinski definition) is 2. The molecular weight excluding hydrogens is 102 g/mol. The summed E-state index contributed by atoms with van der Waals surface area (Å²) in [5, 5.41) is 8.61. The molecule has 1 radical (unpaired) electrons. The van der Waals surface area contributed by atoms with Crippen LogP contribution in [0.1, 0.15) is 0 Å². The maximum Gasteiger partial charge on any atom is 0.115 e. The van der Waals surface area contributed by atoms with Crippen molar-refractivity contribution in [1.29, 1.82) is 0 Å². The minimum Gasteiger partial charge on any atom is -0.508 e. The molecular formula is C6H8NO. The minimum absolute atomic E-state index is 0. The topological polar surface area (TPSA) is 55.2 Å². The standard InChI is InChI=1S/C6H5O.H3N/c7-6-4-2-1-3-5-6;/h2-5,7H;1H3. The van der Waals surface area contributed by atoms with Gasteiger partial charge in [0.2, 0.25) is 0 Å². The second-order valence-corrected chi connectivity index (χ2v) is 1.26. The predicted molar refractivity (Wildman–Crippen MR) is 32.0 cm³/mol. The van der Waals surface area contributed by atoms with Crippen LogP contribution in [-0.4, -0.2) is 5.11 Å². The summed E-state index contributed by atoms with van der Waals surface area (Å²) < 4.78 is 0. The van der Waals surface area contributed by atoms with Gasteiger partial charge in [-0.2, -0.15) is 0 Å². The summed E-state index contributed by atoms with van der Waals surface area (Å²) in [6.07, 6.45) is 0. The van der Waals surface area contributed by atoms with E-state index < -0.39 is 0 Å². The molecule has 0 aliphatic heterocycles. The van der Waals surface area contributed by atoms with Crippen molar-refractivity contribution < 1.29 is 5.11 Å². The zero-order chi connectivity index (χ0) is 5.11. The van der Waals surface area contributed by atoms with Gasteiger partial charge in [-0.05, 0) is 18.2 Å². The van der Waals surface area contributed by atoms with Crippen LogP contribution in [0.25, 0.3) is 0 Å². The third kappa shape index (κ3) is 1.62. The van der Waals surface area contributed by atoms with Crippen LogP contribution >= 0.6 is 0 Å². The summed E-state index contributed by atoms with van der Waals surface area (Å²) in [6.45, 7) is 0. The normalized spacial score (nSPS) is 7.50. The molecule has 43 valence electrons. The fourth-order valence-electron chi connectivity index (χ4n) is 0.378. The summed E-state index contributed by atoms with van der Waals surface area (Å²) >= 11 is 0. The number of aromatic hydroxyl groups is 1. The molecule has 0 aliphatic carbocycles. The van der Waals surface area contributed by atoms with Crippen molar-refractivity contribution in [3.63, 3.8) is 0 Å². The smallest absolute Gasteiger partial charge is 0.115 e. The highest BCUT2D eigenvalue weighted by atomic mass is 16.3. The molecule has 1 aromatic rings. The van der Waals surface area contributed by atoms with Crippen LogP contribution in [-0.2, 0) is 0 Å². The quantitative estimate of drug-likeness (QED) is 0.529. The van der Waals surface area contributed by atoms with E-state index in [0.29, 0.717) is 5.75 Å². The Labute approximate surface area is 48.4 Å². The number of rotatable bonds is 0. The van der Waals surface area contributed by atoms with E-state index in [-0.39, 0.29) is 6.15 Å². The molecule has 0 heterocycles. The Kier molecular flexibility index (Phi) is 2.66. The van der Waals surface area contributed by atoms with Gasteiger partial charge in [-0.15, -0.1) is 0 Å². The van der Waals surface area contributed by atoms with Crippen molar-refractivity contribution in [2.24, 2.45) is 0 Å². The minimum atomic E-state index is 0. The molecule has 2 nitrogen and oxygen atoms in total. The highest BCUT2D eigenvalue weighted by Gasteiger charge is 1.75. The van der Waals surface area contributed by atoms with Gasteiger partial charge in [0.05, 0.1) is 0 Å². The van der Waals surface area contributed by atoms with E-state index in [1.807, 2.05) is 0 Å². The van der Waals surface area contributed by atoms with Crippen LogP contribution in [0, 0.1) is 6.07 Å². The van der Waals surface area contributed by atoms with Gasteiger partial charge in [-0.25, -0.2) is 0 Å². The molecule has 0 bridgehead atoms. The summed E-state index contributed by atoms with van der Waals surface area (Å²) in [7, 11) is 0. The second-order valence-electron chi connectivity index (χ2n) is 1.26. The van der Waals surface area contributed by atoms with Crippen molar-refractivity contribution in [2.75, 3.05) is 0 Å². The van der Waals surface area contributed by atoms with Gasteiger partial charge in [-0.3, -0.25) is 0 Å². The van der Waals surface area contributed by atoms with Gasteiger partial charge in [0.25, 0.3) is 0 Å². The summed E-state index contributed by atoms with van der Waals surface area (Å²) in [6, 6.07) is 9.26. The van der Waals surface area contributed by atoms with Gasteiger partial charge in [0.1, 0.15) is 5.75 Å². The van der Waals surface area contributed by atoms with Crippen molar-refractivity contribution >= 4 is 0 Å². The summed E-state index contributed by atoms with van der Waals surface area (Å²) in [5.74, 6) is 0.291. The Hall–Kier alpha value is -1.02. The van der Waals surface area contributed by atoms with Crippen molar-refractivity contribution in [1.82, 2.24) is 6.15 Å². The number of phenolic OH excluding ortho intramolecular Hbond substituents is 1. The van der Waals surface area contributed by atoms with Gasteiger partial charge in [0.15, 0.2) is 0 Å². The lowest BCUT2D eigenvalue weighted by atomic mass is 10.3. The van der Waals surface area contributed by atoms with E-state index >= 15 is 0 Å². The first kappa shape index (κ1) is 6.98. The fourth-order valence-corrected chi connectivity index (χ4v) is 0.378. The molecule has 2 heteroatoms. The molecule has 1 rings (SSSR count). The van der Waals surface area contributed by atoms with Crippen molar-refractivity contribution in [2.45, 2.75) is 0 Å². The maximum absolute atomic E-state index is 8.61. The Morgan fingerprint density at radius 1 is 1.25 bits per heavy atom. The van der Waals surface area contributed by atoms with E-state index in [1.165, 1.54) is 0 Å².